The van der Waals surface area contributed by atoms with E-state index >= 15 is 0 Å². The van der Waals surface area contributed by atoms with Crippen LogP contribution in [0.1, 0.15) is 11.3 Å². The summed E-state index contributed by atoms with van der Waals surface area (Å²) in [5, 5.41) is 17.1. The molecule has 2 aromatic carbocycles. The maximum absolute atomic E-state index is 12.9. The Balaban J connectivity index is 1.76. The van der Waals surface area contributed by atoms with Gasteiger partial charge in [-0.1, -0.05) is 24.3 Å². The number of ether oxygens (including phenoxy) is 1. The molecule has 0 atom stereocenters. The fourth-order valence-electron chi connectivity index (χ4n) is 2.82. The van der Waals surface area contributed by atoms with Crippen LogP contribution in [0.15, 0.2) is 58.4 Å². The van der Waals surface area contributed by atoms with Gasteiger partial charge in [-0.3, -0.25) is 14.9 Å². The molecule has 0 spiro atoms. The Hall–Kier alpha value is -3.59. The quantitative estimate of drug-likeness (QED) is 0.339. The van der Waals surface area contributed by atoms with Crippen LogP contribution in [0.3, 0.4) is 0 Å². The zero-order valence-electron chi connectivity index (χ0n) is 16.2. The van der Waals surface area contributed by atoms with Gasteiger partial charge in [0.15, 0.2) is 16.6 Å². The molecule has 0 unspecified atom stereocenters. The van der Waals surface area contributed by atoms with Crippen molar-refractivity contribution in [3.63, 3.8) is 0 Å². The van der Waals surface area contributed by atoms with Crippen molar-refractivity contribution in [3.8, 4) is 17.2 Å². The number of hydrogen-bond donors (Lipinski definition) is 3. The van der Waals surface area contributed by atoms with Crippen molar-refractivity contribution in [3.05, 3.63) is 70.1 Å². The van der Waals surface area contributed by atoms with Gasteiger partial charge in [0.25, 0.3) is 5.56 Å². The third kappa shape index (κ3) is 4.14. The molecule has 9 heteroatoms. The maximum atomic E-state index is 12.9. The van der Waals surface area contributed by atoms with Gasteiger partial charge in [0.2, 0.25) is 0 Å². The highest BCUT2D eigenvalue weighted by atomic mass is 32.1. The summed E-state index contributed by atoms with van der Waals surface area (Å²) in [6.45, 7) is 1.82. The van der Waals surface area contributed by atoms with Crippen molar-refractivity contribution >= 4 is 29.2 Å². The van der Waals surface area contributed by atoms with Crippen LogP contribution in [0.2, 0.25) is 0 Å². The number of nitrogens with one attached hydrogen (secondary N) is 2. The van der Waals surface area contributed by atoms with E-state index in [1.165, 1.54) is 13.3 Å². The molecule has 0 aliphatic heterocycles. The maximum Gasteiger partial charge on any atom is 0.295 e. The fourth-order valence-corrected chi connectivity index (χ4v) is 2.98. The Labute approximate surface area is 173 Å². The average Bonchev–Trinajstić information content (AvgIpc) is 2.93. The molecule has 0 saturated carbocycles. The molecule has 3 aromatic rings. The smallest absolute Gasteiger partial charge is 0.295 e. The lowest BCUT2D eigenvalue weighted by atomic mass is 10.2. The predicted molar refractivity (Wildman–Crippen MR) is 117 cm³/mol. The number of phenols is 1. The highest BCUT2D eigenvalue weighted by Gasteiger charge is 2.16. The number of nitrogens with zero attached hydrogens (tertiary/aromatic N) is 3. The Morgan fingerprint density at radius 2 is 1.93 bits per heavy atom. The second-order valence-electron chi connectivity index (χ2n) is 6.16. The molecule has 3 rings (SSSR count). The van der Waals surface area contributed by atoms with E-state index in [0.717, 1.165) is 11.4 Å². The zero-order chi connectivity index (χ0) is 21.0. The van der Waals surface area contributed by atoms with Crippen molar-refractivity contribution in [2.24, 2.45) is 12.1 Å². The number of para-hydroxylation sites is 2. The van der Waals surface area contributed by atoms with E-state index in [1.807, 2.05) is 37.3 Å². The molecule has 0 bridgehead atoms. The average molecular weight is 411 g/mol. The minimum atomic E-state index is -0.227. The molecule has 1 heterocycles. The first-order valence-corrected chi connectivity index (χ1v) is 9.15. The molecule has 0 aliphatic carbocycles. The first-order chi connectivity index (χ1) is 13.9. The Bertz CT molecular complexity index is 1120. The summed E-state index contributed by atoms with van der Waals surface area (Å²) in [6, 6.07) is 14.4. The van der Waals surface area contributed by atoms with Crippen LogP contribution in [-0.4, -0.2) is 32.9 Å². The lowest BCUT2D eigenvalue weighted by Gasteiger charge is -2.07. The van der Waals surface area contributed by atoms with Gasteiger partial charge in [-0.05, 0) is 43.4 Å². The molecule has 29 heavy (non-hydrogen) atoms. The SMILES string of the molecule is COc1cccc(/C=N/NC(=S)Nc2c(C)n(C)n(-c3ccccc3)c2=O)c1O. The van der Waals surface area contributed by atoms with E-state index in [9.17, 15) is 9.90 Å². The highest BCUT2D eigenvalue weighted by Crippen LogP contribution is 2.27. The second kappa shape index (κ2) is 8.61. The summed E-state index contributed by atoms with van der Waals surface area (Å²) in [4.78, 5) is 12.9. The van der Waals surface area contributed by atoms with Crippen molar-refractivity contribution < 1.29 is 9.84 Å². The monoisotopic (exact) mass is 411 g/mol. The number of benzene rings is 2. The molecule has 8 nitrogen and oxygen atoms in total. The minimum Gasteiger partial charge on any atom is -0.504 e. The number of rotatable bonds is 5. The van der Waals surface area contributed by atoms with Gasteiger partial charge in [0, 0.05) is 12.6 Å². The van der Waals surface area contributed by atoms with Crippen molar-refractivity contribution in [1.29, 1.82) is 0 Å². The van der Waals surface area contributed by atoms with Crippen LogP contribution in [0.25, 0.3) is 5.69 Å². The number of hydrazone groups is 1. The lowest BCUT2D eigenvalue weighted by Crippen LogP contribution is -2.28. The summed E-state index contributed by atoms with van der Waals surface area (Å²) in [6.07, 6.45) is 1.41. The molecule has 0 saturated heterocycles. The normalized spacial score (nSPS) is 10.9. The first kappa shape index (κ1) is 20.2. The van der Waals surface area contributed by atoms with E-state index in [1.54, 1.807) is 34.6 Å². The van der Waals surface area contributed by atoms with E-state index in [2.05, 4.69) is 15.8 Å². The fraction of sp³-hybridized carbons (Fsp3) is 0.150. The standard InChI is InChI=1S/C20H21N5O3S/c1-13-17(19(27)25(24(13)2)15-9-5-4-6-10-15)22-20(29)23-21-12-14-8-7-11-16(28-3)18(14)26/h4-12,26H,1-3H3,(H2,22,23,29)/b21-12+. The summed E-state index contributed by atoms with van der Waals surface area (Å²) in [7, 11) is 3.27. The lowest BCUT2D eigenvalue weighted by molar-refractivity contribution is 0.373. The molecule has 0 fully saturated rings. The molecule has 150 valence electrons. The Kier molecular flexibility index (Phi) is 5.99. The van der Waals surface area contributed by atoms with Crippen LogP contribution in [0.4, 0.5) is 5.69 Å². The molecular weight excluding hydrogens is 390 g/mol. The first-order valence-electron chi connectivity index (χ1n) is 8.74. The third-order valence-electron chi connectivity index (χ3n) is 4.41. The van der Waals surface area contributed by atoms with E-state index in [4.69, 9.17) is 17.0 Å². The topological polar surface area (TPSA) is 92.8 Å². The van der Waals surface area contributed by atoms with Crippen LogP contribution in [0, 0.1) is 6.92 Å². The number of aromatic hydroxyl groups is 1. The van der Waals surface area contributed by atoms with E-state index < -0.39 is 0 Å². The van der Waals surface area contributed by atoms with Gasteiger partial charge >= 0.3 is 0 Å². The Morgan fingerprint density at radius 1 is 1.21 bits per heavy atom. The van der Waals surface area contributed by atoms with Crippen molar-refractivity contribution in [2.45, 2.75) is 6.92 Å². The van der Waals surface area contributed by atoms with Gasteiger partial charge in [-0.25, -0.2) is 4.68 Å². The summed E-state index contributed by atoms with van der Waals surface area (Å²) in [5.41, 5.74) is 4.71. The van der Waals surface area contributed by atoms with Gasteiger partial charge in [0.05, 0.1) is 24.7 Å². The molecule has 0 amide bonds. The zero-order valence-corrected chi connectivity index (χ0v) is 17.0. The van der Waals surface area contributed by atoms with E-state index in [-0.39, 0.29) is 16.4 Å². The van der Waals surface area contributed by atoms with Gasteiger partial charge in [0.1, 0.15) is 5.69 Å². The number of hydrogen-bond acceptors (Lipinski definition) is 5. The number of methoxy groups -OCH3 is 1. The van der Waals surface area contributed by atoms with Crippen molar-refractivity contribution in [2.75, 3.05) is 12.4 Å². The second-order valence-corrected chi connectivity index (χ2v) is 6.57. The number of aromatic nitrogens is 2. The Morgan fingerprint density at radius 3 is 2.62 bits per heavy atom. The minimum absolute atomic E-state index is 0.0240. The van der Waals surface area contributed by atoms with Gasteiger partial charge < -0.3 is 15.2 Å². The molecule has 0 aliphatic rings. The van der Waals surface area contributed by atoms with Gasteiger partial charge in [-0.15, -0.1) is 0 Å². The van der Waals surface area contributed by atoms with Crippen LogP contribution >= 0.6 is 12.2 Å². The van der Waals surface area contributed by atoms with E-state index in [0.29, 0.717) is 17.0 Å². The van der Waals surface area contributed by atoms with Gasteiger partial charge in [-0.2, -0.15) is 5.10 Å². The van der Waals surface area contributed by atoms with Crippen LogP contribution < -0.4 is 21.0 Å². The molecule has 0 radical (unpaired) electrons. The summed E-state index contributed by atoms with van der Waals surface area (Å²) >= 11 is 5.24. The third-order valence-corrected chi connectivity index (χ3v) is 4.61. The summed E-state index contributed by atoms with van der Waals surface area (Å²) in [5.74, 6) is 0.320. The molecule has 3 N–H and O–H groups in total. The number of thiocarbonyl (C=S) groups is 1. The molecular formula is C20H21N5O3S. The molecule has 1 aromatic heterocycles. The van der Waals surface area contributed by atoms with Crippen molar-refractivity contribution in [1.82, 2.24) is 14.8 Å². The van der Waals surface area contributed by atoms with Crippen LogP contribution in [0.5, 0.6) is 11.5 Å². The largest absolute Gasteiger partial charge is 0.504 e. The van der Waals surface area contributed by atoms with Crippen LogP contribution in [-0.2, 0) is 7.05 Å². The number of anilines is 1. The highest BCUT2D eigenvalue weighted by molar-refractivity contribution is 7.80. The summed E-state index contributed by atoms with van der Waals surface area (Å²) < 4.78 is 8.36. The predicted octanol–water partition coefficient (Wildman–Crippen LogP) is 2.52. The number of phenolic OH excluding ortho intramolecular Hbond substituents is 1.